The lowest BCUT2D eigenvalue weighted by Crippen LogP contribution is -2.28. The fraction of sp³-hybridized carbons (Fsp3) is 0.471. The number of likely N-dealkylation sites (tertiary alicyclic amines) is 1. The lowest BCUT2D eigenvalue weighted by molar-refractivity contribution is -0.385. The number of nitro groups is 1. The van der Waals surface area contributed by atoms with Gasteiger partial charge in [0.15, 0.2) is 0 Å². The SMILES string of the molecule is O=C(c1cc(NC2CC=CCC2)ccc1[N+](=O)[O-])N1CCCC1. The van der Waals surface area contributed by atoms with Gasteiger partial charge >= 0.3 is 0 Å². The first-order chi connectivity index (χ1) is 11.1. The molecular weight excluding hydrogens is 294 g/mol. The van der Waals surface area contributed by atoms with E-state index in [0.29, 0.717) is 19.1 Å². The maximum Gasteiger partial charge on any atom is 0.282 e. The first kappa shape index (κ1) is 15.5. The number of anilines is 1. The van der Waals surface area contributed by atoms with Gasteiger partial charge in [-0.3, -0.25) is 14.9 Å². The predicted octanol–water partition coefficient (Wildman–Crippen LogP) is 3.35. The highest BCUT2D eigenvalue weighted by Gasteiger charge is 2.27. The Labute approximate surface area is 135 Å². The molecule has 3 rings (SSSR count). The molecule has 6 nitrogen and oxygen atoms in total. The van der Waals surface area contributed by atoms with E-state index in [2.05, 4.69) is 17.5 Å². The summed E-state index contributed by atoms with van der Waals surface area (Å²) in [6.07, 6.45) is 9.23. The monoisotopic (exact) mass is 315 g/mol. The Kier molecular flexibility index (Phi) is 4.60. The van der Waals surface area contributed by atoms with Crippen molar-refractivity contribution in [2.45, 2.75) is 38.1 Å². The van der Waals surface area contributed by atoms with Crippen LogP contribution in [0.2, 0.25) is 0 Å². The maximum atomic E-state index is 12.6. The molecule has 122 valence electrons. The number of nitro benzene ring substituents is 1. The molecule has 1 aromatic rings. The lowest BCUT2D eigenvalue weighted by atomic mass is 10.0. The summed E-state index contributed by atoms with van der Waals surface area (Å²) >= 11 is 0. The van der Waals surface area contributed by atoms with Crippen LogP contribution in [0.4, 0.5) is 11.4 Å². The number of benzene rings is 1. The van der Waals surface area contributed by atoms with Crippen molar-refractivity contribution < 1.29 is 9.72 Å². The number of allylic oxidation sites excluding steroid dienone is 1. The van der Waals surface area contributed by atoms with Gasteiger partial charge in [0.1, 0.15) is 5.56 Å². The van der Waals surface area contributed by atoms with E-state index in [0.717, 1.165) is 37.8 Å². The number of amides is 1. The Hall–Kier alpha value is -2.37. The van der Waals surface area contributed by atoms with Crippen molar-refractivity contribution in [3.05, 3.63) is 46.0 Å². The highest BCUT2D eigenvalue weighted by atomic mass is 16.6. The first-order valence-corrected chi connectivity index (χ1v) is 8.14. The lowest BCUT2D eigenvalue weighted by Gasteiger charge is -2.21. The van der Waals surface area contributed by atoms with Gasteiger partial charge in [0.25, 0.3) is 11.6 Å². The average Bonchev–Trinajstić information content (AvgIpc) is 3.09. The van der Waals surface area contributed by atoms with Gasteiger partial charge in [-0.2, -0.15) is 0 Å². The fourth-order valence-electron chi connectivity index (χ4n) is 3.21. The highest BCUT2D eigenvalue weighted by molar-refractivity contribution is 5.99. The van der Waals surface area contributed by atoms with Gasteiger partial charge in [0.05, 0.1) is 4.92 Å². The van der Waals surface area contributed by atoms with E-state index >= 15 is 0 Å². The van der Waals surface area contributed by atoms with Gasteiger partial charge in [-0.1, -0.05) is 12.2 Å². The molecule has 2 aliphatic rings. The first-order valence-electron chi connectivity index (χ1n) is 8.14. The predicted molar refractivity (Wildman–Crippen MR) is 88.6 cm³/mol. The number of carbonyl (C=O) groups is 1. The molecule has 1 amide bonds. The summed E-state index contributed by atoms with van der Waals surface area (Å²) < 4.78 is 0. The normalized spacial score (nSPS) is 20.5. The molecule has 0 bridgehead atoms. The Bertz CT molecular complexity index is 636. The third-order valence-electron chi connectivity index (χ3n) is 4.46. The summed E-state index contributed by atoms with van der Waals surface area (Å²) in [5.41, 5.74) is 0.850. The van der Waals surface area contributed by atoms with E-state index in [4.69, 9.17) is 0 Å². The second-order valence-electron chi connectivity index (χ2n) is 6.11. The molecule has 6 heteroatoms. The van der Waals surface area contributed by atoms with Crippen molar-refractivity contribution in [2.24, 2.45) is 0 Å². The van der Waals surface area contributed by atoms with Crippen LogP contribution in [0.3, 0.4) is 0 Å². The van der Waals surface area contributed by atoms with Crippen LogP contribution >= 0.6 is 0 Å². The molecule has 0 saturated carbocycles. The van der Waals surface area contributed by atoms with Crippen LogP contribution in [-0.4, -0.2) is 34.9 Å². The van der Waals surface area contributed by atoms with Crippen molar-refractivity contribution in [1.82, 2.24) is 4.90 Å². The number of rotatable bonds is 4. The Balaban J connectivity index is 1.85. The van der Waals surface area contributed by atoms with Crippen LogP contribution < -0.4 is 5.32 Å². The zero-order chi connectivity index (χ0) is 16.2. The molecular formula is C17H21N3O3. The van der Waals surface area contributed by atoms with Gasteiger partial charge in [-0.25, -0.2) is 0 Å². The smallest absolute Gasteiger partial charge is 0.282 e. The standard InChI is InChI=1S/C17H21N3O3/c21-17(19-10-4-5-11-19)15-12-14(8-9-16(15)20(22)23)18-13-6-2-1-3-7-13/h1-2,8-9,12-13,18H,3-7,10-11H2. The van der Waals surface area contributed by atoms with E-state index in [1.165, 1.54) is 6.07 Å². The molecule has 1 fully saturated rings. The number of nitrogens with one attached hydrogen (secondary N) is 1. The zero-order valence-electron chi connectivity index (χ0n) is 13.0. The van der Waals surface area contributed by atoms with Crippen molar-refractivity contribution in [1.29, 1.82) is 0 Å². The van der Waals surface area contributed by atoms with E-state index in [9.17, 15) is 14.9 Å². The van der Waals surface area contributed by atoms with Gasteiger partial charge in [-0.05, 0) is 44.2 Å². The molecule has 1 saturated heterocycles. The number of hydrogen-bond donors (Lipinski definition) is 1. The van der Waals surface area contributed by atoms with Crippen LogP contribution in [0.25, 0.3) is 0 Å². The van der Waals surface area contributed by atoms with Crippen LogP contribution in [0.5, 0.6) is 0 Å². The Morgan fingerprint density at radius 3 is 2.70 bits per heavy atom. The van der Waals surface area contributed by atoms with E-state index < -0.39 is 4.92 Å². The second-order valence-corrected chi connectivity index (χ2v) is 6.11. The molecule has 23 heavy (non-hydrogen) atoms. The van der Waals surface area contributed by atoms with Gasteiger partial charge < -0.3 is 10.2 Å². The van der Waals surface area contributed by atoms with Crippen LogP contribution in [0, 0.1) is 10.1 Å². The van der Waals surface area contributed by atoms with Crippen molar-refractivity contribution in [3.8, 4) is 0 Å². The van der Waals surface area contributed by atoms with Gasteiger partial charge in [0.2, 0.25) is 0 Å². The molecule has 1 aliphatic carbocycles. The molecule has 1 N–H and O–H groups in total. The van der Waals surface area contributed by atoms with Gasteiger partial charge in [-0.15, -0.1) is 0 Å². The number of carbonyl (C=O) groups excluding carboxylic acids is 1. The maximum absolute atomic E-state index is 12.6. The summed E-state index contributed by atoms with van der Waals surface area (Å²) in [5.74, 6) is -0.235. The fourth-order valence-corrected chi connectivity index (χ4v) is 3.21. The summed E-state index contributed by atoms with van der Waals surface area (Å²) in [6.45, 7) is 1.36. The van der Waals surface area contributed by atoms with Crippen molar-refractivity contribution >= 4 is 17.3 Å². The molecule has 0 aromatic heterocycles. The minimum absolute atomic E-state index is 0.115. The molecule has 1 atom stereocenters. The van der Waals surface area contributed by atoms with Gasteiger partial charge in [0, 0.05) is 30.9 Å². The average molecular weight is 315 g/mol. The Morgan fingerprint density at radius 1 is 1.26 bits per heavy atom. The molecule has 1 heterocycles. The summed E-state index contributed by atoms with van der Waals surface area (Å²) in [7, 11) is 0. The minimum Gasteiger partial charge on any atom is -0.382 e. The van der Waals surface area contributed by atoms with Crippen molar-refractivity contribution in [3.63, 3.8) is 0 Å². The van der Waals surface area contributed by atoms with Crippen LogP contribution in [0.15, 0.2) is 30.4 Å². The zero-order valence-corrected chi connectivity index (χ0v) is 13.0. The molecule has 0 radical (unpaired) electrons. The van der Waals surface area contributed by atoms with Crippen LogP contribution in [0.1, 0.15) is 42.5 Å². The van der Waals surface area contributed by atoms with E-state index in [1.807, 2.05) is 0 Å². The molecule has 1 aliphatic heterocycles. The highest BCUT2D eigenvalue weighted by Crippen LogP contribution is 2.27. The topological polar surface area (TPSA) is 75.5 Å². The number of hydrogen-bond acceptors (Lipinski definition) is 4. The number of nitrogens with zero attached hydrogens (tertiary/aromatic N) is 2. The summed E-state index contributed by atoms with van der Waals surface area (Å²) in [5, 5.41) is 14.6. The van der Waals surface area contributed by atoms with Crippen LogP contribution in [-0.2, 0) is 0 Å². The summed E-state index contributed by atoms with van der Waals surface area (Å²) in [4.78, 5) is 25.1. The quantitative estimate of drug-likeness (QED) is 0.525. The third-order valence-corrected chi connectivity index (χ3v) is 4.46. The second kappa shape index (κ2) is 6.81. The molecule has 1 aromatic carbocycles. The summed E-state index contributed by atoms with van der Waals surface area (Å²) in [6, 6.07) is 5.08. The van der Waals surface area contributed by atoms with E-state index in [-0.39, 0.29) is 17.2 Å². The largest absolute Gasteiger partial charge is 0.382 e. The van der Waals surface area contributed by atoms with E-state index in [1.54, 1.807) is 17.0 Å². The molecule has 1 unspecified atom stereocenters. The third kappa shape index (κ3) is 3.52. The Morgan fingerprint density at radius 2 is 2.04 bits per heavy atom. The minimum atomic E-state index is -0.476. The molecule has 0 spiro atoms. The van der Waals surface area contributed by atoms with Crippen molar-refractivity contribution in [2.75, 3.05) is 18.4 Å².